The van der Waals surface area contributed by atoms with E-state index in [1.807, 2.05) is 12.3 Å². The summed E-state index contributed by atoms with van der Waals surface area (Å²) in [6, 6.07) is 4.13. The molecular formula is C28H37N5O3. The number of fused-ring (bicyclic) bond motifs is 1. The molecule has 3 heterocycles. The Bertz CT molecular complexity index is 1210. The third-order valence-corrected chi connectivity index (χ3v) is 7.92. The van der Waals surface area contributed by atoms with Crippen LogP contribution < -0.4 is 4.74 Å². The van der Waals surface area contributed by atoms with Gasteiger partial charge in [0.25, 0.3) is 0 Å². The highest BCUT2D eigenvalue weighted by Gasteiger charge is 2.27. The highest BCUT2D eigenvalue weighted by atomic mass is 16.5. The summed E-state index contributed by atoms with van der Waals surface area (Å²) in [6.07, 6.45) is 13.3. The minimum absolute atomic E-state index is 0.281. The summed E-state index contributed by atoms with van der Waals surface area (Å²) in [5, 5.41) is 9.68. The molecule has 3 aromatic heterocycles. The lowest BCUT2D eigenvalue weighted by molar-refractivity contribution is 0.0682. The van der Waals surface area contributed by atoms with Gasteiger partial charge in [-0.2, -0.15) is 4.98 Å². The summed E-state index contributed by atoms with van der Waals surface area (Å²) >= 11 is 0. The molecule has 8 nitrogen and oxygen atoms in total. The Morgan fingerprint density at radius 3 is 2.61 bits per heavy atom. The van der Waals surface area contributed by atoms with Gasteiger partial charge in [0.05, 0.1) is 6.61 Å². The third-order valence-electron chi connectivity index (χ3n) is 7.92. The summed E-state index contributed by atoms with van der Waals surface area (Å²) in [5.41, 5.74) is 3.04. The molecule has 2 saturated carbocycles. The lowest BCUT2D eigenvalue weighted by Gasteiger charge is -2.27. The van der Waals surface area contributed by atoms with E-state index in [0.29, 0.717) is 41.3 Å². The van der Waals surface area contributed by atoms with Crippen LogP contribution in [0.4, 0.5) is 0 Å². The van der Waals surface area contributed by atoms with Gasteiger partial charge in [-0.3, -0.25) is 4.98 Å². The maximum Gasteiger partial charge on any atom is 0.374 e. The standard InChI is InChI=1S/C28H37N5O3/c1-3-5-20-12-14-29-22(16-20)26-31-24-23(33(26)17-21-10-8-18(2)9-11-21)27(32-25(30-24)28(34)35)36-15-13-19-6-4-7-19/h12,14,16,18-19,21H,3-11,13,15,17H2,1-2H3,(H,34,35). The van der Waals surface area contributed by atoms with Crippen LogP contribution >= 0.6 is 0 Å². The molecule has 0 aromatic carbocycles. The summed E-state index contributed by atoms with van der Waals surface area (Å²) in [5.74, 6) is 1.54. The number of imidazole rings is 1. The van der Waals surface area contributed by atoms with Gasteiger partial charge in [0.15, 0.2) is 17.0 Å². The Kier molecular flexibility index (Phi) is 7.48. The van der Waals surface area contributed by atoms with E-state index in [1.54, 1.807) is 0 Å². The van der Waals surface area contributed by atoms with Gasteiger partial charge in [0, 0.05) is 12.7 Å². The number of nitrogens with zero attached hydrogens (tertiary/aromatic N) is 5. The molecule has 5 rings (SSSR count). The van der Waals surface area contributed by atoms with Gasteiger partial charge < -0.3 is 14.4 Å². The first kappa shape index (κ1) is 24.7. The molecule has 36 heavy (non-hydrogen) atoms. The Morgan fingerprint density at radius 1 is 1.11 bits per heavy atom. The Morgan fingerprint density at radius 2 is 1.92 bits per heavy atom. The maximum atomic E-state index is 11.8. The molecule has 8 heteroatoms. The first-order chi connectivity index (χ1) is 17.5. The number of hydrogen-bond acceptors (Lipinski definition) is 6. The average molecular weight is 492 g/mol. The van der Waals surface area contributed by atoms with E-state index in [4.69, 9.17) is 9.72 Å². The second kappa shape index (κ2) is 10.9. The highest BCUT2D eigenvalue weighted by molar-refractivity contribution is 5.88. The molecule has 0 radical (unpaired) electrons. The second-order valence-electron chi connectivity index (χ2n) is 10.7. The SMILES string of the molecule is CCCc1ccnc(-c2nc3nc(C(=O)O)nc(OCCC4CCC4)c3n2CC2CCC(C)CC2)c1. The maximum absolute atomic E-state index is 11.8. The van der Waals surface area contributed by atoms with Crippen LogP contribution in [0.25, 0.3) is 22.7 Å². The number of carbonyl (C=O) groups is 1. The smallest absolute Gasteiger partial charge is 0.374 e. The fourth-order valence-electron chi connectivity index (χ4n) is 5.49. The van der Waals surface area contributed by atoms with E-state index in [1.165, 1.54) is 37.7 Å². The Hall–Kier alpha value is -3.03. The molecule has 2 aliphatic carbocycles. The fraction of sp³-hybridized carbons (Fsp3) is 0.607. The van der Waals surface area contributed by atoms with Gasteiger partial charge in [-0.15, -0.1) is 0 Å². The van der Waals surface area contributed by atoms with Crippen LogP contribution in [0.3, 0.4) is 0 Å². The molecule has 0 unspecified atom stereocenters. The topological polar surface area (TPSA) is 103 Å². The highest BCUT2D eigenvalue weighted by Crippen LogP contribution is 2.35. The molecule has 192 valence electrons. The molecule has 0 bridgehead atoms. The van der Waals surface area contributed by atoms with Crippen molar-refractivity contribution < 1.29 is 14.6 Å². The van der Waals surface area contributed by atoms with Gasteiger partial charge in [-0.1, -0.05) is 52.4 Å². The summed E-state index contributed by atoms with van der Waals surface area (Å²) in [6.45, 7) is 5.77. The van der Waals surface area contributed by atoms with E-state index in [9.17, 15) is 9.90 Å². The predicted molar refractivity (Wildman–Crippen MR) is 138 cm³/mol. The van der Waals surface area contributed by atoms with E-state index in [2.05, 4.69) is 39.4 Å². The van der Waals surface area contributed by atoms with Crippen molar-refractivity contribution in [2.24, 2.45) is 17.8 Å². The minimum atomic E-state index is -1.18. The third kappa shape index (κ3) is 5.37. The van der Waals surface area contributed by atoms with Crippen molar-refractivity contribution >= 4 is 17.1 Å². The molecule has 2 fully saturated rings. The second-order valence-corrected chi connectivity index (χ2v) is 10.7. The van der Waals surface area contributed by atoms with E-state index < -0.39 is 5.97 Å². The average Bonchev–Trinajstić information content (AvgIpc) is 3.21. The zero-order chi connectivity index (χ0) is 25.1. The van der Waals surface area contributed by atoms with Gasteiger partial charge >= 0.3 is 5.97 Å². The van der Waals surface area contributed by atoms with Crippen molar-refractivity contribution in [2.45, 2.75) is 84.6 Å². The zero-order valence-electron chi connectivity index (χ0n) is 21.4. The predicted octanol–water partition coefficient (Wildman–Crippen LogP) is 5.93. The number of rotatable bonds is 10. The molecule has 0 amide bonds. The number of carboxylic acid groups (broad SMARTS) is 1. The number of pyridine rings is 1. The minimum Gasteiger partial charge on any atom is -0.476 e. The molecule has 1 N–H and O–H groups in total. The van der Waals surface area contributed by atoms with Crippen LogP contribution in [0.5, 0.6) is 5.88 Å². The van der Waals surface area contributed by atoms with Crippen molar-refractivity contribution in [1.82, 2.24) is 24.5 Å². The van der Waals surface area contributed by atoms with Crippen molar-refractivity contribution in [1.29, 1.82) is 0 Å². The van der Waals surface area contributed by atoms with Crippen molar-refractivity contribution in [3.8, 4) is 17.4 Å². The van der Waals surface area contributed by atoms with Crippen molar-refractivity contribution in [3.63, 3.8) is 0 Å². The summed E-state index contributed by atoms with van der Waals surface area (Å²) < 4.78 is 8.33. The first-order valence-corrected chi connectivity index (χ1v) is 13.6. The Balaban J connectivity index is 1.58. The number of carboxylic acids is 1. The largest absolute Gasteiger partial charge is 0.476 e. The number of aromatic carboxylic acids is 1. The molecule has 0 saturated heterocycles. The first-order valence-electron chi connectivity index (χ1n) is 13.6. The lowest BCUT2D eigenvalue weighted by atomic mass is 9.83. The molecule has 3 aromatic rings. The van der Waals surface area contributed by atoms with Crippen molar-refractivity contribution in [2.75, 3.05) is 6.61 Å². The van der Waals surface area contributed by atoms with Gasteiger partial charge in [0.2, 0.25) is 11.7 Å². The van der Waals surface area contributed by atoms with Crippen LogP contribution in [0, 0.1) is 17.8 Å². The number of aromatic nitrogens is 5. The summed E-state index contributed by atoms with van der Waals surface area (Å²) in [4.78, 5) is 30.0. The zero-order valence-corrected chi connectivity index (χ0v) is 21.4. The summed E-state index contributed by atoms with van der Waals surface area (Å²) in [7, 11) is 0. The monoisotopic (exact) mass is 491 g/mol. The lowest BCUT2D eigenvalue weighted by Crippen LogP contribution is -2.19. The molecule has 2 aliphatic rings. The molecule has 0 spiro atoms. The molecular weight excluding hydrogens is 454 g/mol. The van der Waals surface area contributed by atoms with Crippen molar-refractivity contribution in [3.05, 3.63) is 29.7 Å². The van der Waals surface area contributed by atoms with Gasteiger partial charge in [-0.05, 0) is 61.1 Å². The van der Waals surface area contributed by atoms with Gasteiger partial charge in [-0.25, -0.2) is 14.8 Å². The number of ether oxygens (including phenoxy) is 1. The van der Waals surface area contributed by atoms with Crippen LogP contribution in [-0.2, 0) is 13.0 Å². The number of aryl methyl sites for hydroxylation is 1. The fourth-order valence-corrected chi connectivity index (χ4v) is 5.49. The number of hydrogen-bond donors (Lipinski definition) is 1. The quantitative estimate of drug-likeness (QED) is 0.375. The molecule has 0 aliphatic heterocycles. The van der Waals surface area contributed by atoms with Crippen LogP contribution in [0.1, 0.15) is 87.8 Å². The van der Waals surface area contributed by atoms with E-state index in [-0.39, 0.29) is 5.82 Å². The normalized spacial score (nSPS) is 20.4. The molecule has 0 atom stereocenters. The van der Waals surface area contributed by atoms with Gasteiger partial charge in [0.1, 0.15) is 5.69 Å². The van der Waals surface area contributed by atoms with E-state index in [0.717, 1.165) is 50.3 Å². The Labute approximate surface area is 212 Å². The van der Waals surface area contributed by atoms with Crippen LogP contribution in [0.15, 0.2) is 18.3 Å². The van der Waals surface area contributed by atoms with E-state index >= 15 is 0 Å². The van der Waals surface area contributed by atoms with Crippen LogP contribution in [0.2, 0.25) is 0 Å². The van der Waals surface area contributed by atoms with Crippen LogP contribution in [-0.4, -0.2) is 42.2 Å².